The van der Waals surface area contributed by atoms with Crippen molar-refractivity contribution in [3.8, 4) is 5.75 Å². The summed E-state index contributed by atoms with van der Waals surface area (Å²) in [5.74, 6) is -3.80. The van der Waals surface area contributed by atoms with E-state index in [0.717, 1.165) is 16.9 Å². The lowest BCUT2D eigenvalue weighted by Crippen LogP contribution is -2.35. The Morgan fingerprint density at radius 1 is 1.03 bits per heavy atom. The molecule has 0 bridgehead atoms. The fraction of sp³-hybridized carbons (Fsp3) is 0.154. The molecule has 0 fully saturated rings. The van der Waals surface area contributed by atoms with Crippen molar-refractivity contribution in [2.45, 2.75) is 25.5 Å². The van der Waals surface area contributed by atoms with Gasteiger partial charge in [-0.2, -0.15) is 0 Å². The van der Waals surface area contributed by atoms with E-state index in [9.17, 15) is 19.3 Å². The number of carboxylic acids is 1. The summed E-state index contributed by atoms with van der Waals surface area (Å²) in [5.41, 5.74) is 0.795. The standard InChI is InChI=1S/C26H23FNO6PS/c1-17(26(31)33-16-18-8-4-2-5-9-18)28-35(32,34-21-10-6-3-7-11-21)24(27)19-12-13-22-20(14-19)15-23(36-22)25(29)30/h2-15,17,24H,16H2,1H3,(H,28,32)(H,29,30)/t17-,24+,35?/m0/s1. The molecule has 1 heterocycles. The van der Waals surface area contributed by atoms with Crippen molar-refractivity contribution in [2.24, 2.45) is 0 Å². The number of fused-ring (bicyclic) bond motifs is 1. The zero-order valence-corrected chi connectivity index (χ0v) is 20.9. The molecule has 10 heteroatoms. The number of esters is 1. The van der Waals surface area contributed by atoms with Crippen LogP contribution in [0.1, 0.15) is 33.6 Å². The van der Waals surface area contributed by atoms with Crippen molar-refractivity contribution in [1.82, 2.24) is 5.09 Å². The maximum atomic E-state index is 15.9. The van der Waals surface area contributed by atoms with Gasteiger partial charge < -0.3 is 14.4 Å². The van der Waals surface area contributed by atoms with E-state index in [1.54, 1.807) is 36.4 Å². The lowest BCUT2D eigenvalue weighted by Gasteiger charge is -2.26. The van der Waals surface area contributed by atoms with E-state index in [1.165, 1.54) is 37.3 Å². The molecule has 4 rings (SSSR count). The van der Waals surface area contributed by atoms with Crippen LogP contribution in [0.3, 0.4) is 0 Å². The molecule has 1 aromatic heterocycles. The molecule has 0 saturated carbocycles. The molecule has 0 saturated heterocycles. The van der Waals surface area contributed by atoms with E-state index >= 15 is 4.39 Å². The summed E-state index contributed by atoms with van der Waals surface area (Å²) in [6.45, 7) is 1.43. The Morgan fingerprint density at radius 3 is 2.36 bits per heavy atom. The van der Waals surface area contributed by atoms with Crippen molar-refractivity contribution in [1.29, 1.82) is 0 Å². The highest BCUT2D eigenvalue weighted by atomic mass is 32.1. The highest BCUT2D eigenvalue weighted by molar-refractivity contribution is 7.57. The first-order valence-electron chi connectivity index (χ1n) is 11.0. The first-order chi connectivity index (χ1) is 17.2. The Hall–Kier alpha value is -3.52. The summed E-state index contributed by atoms with van der Waals surface area (Å²) in [6.07, 6.45) is 0. The van der Waals surface area contributed by atoms with Crippen LogP contribution in [0.25, 0.3) is 10.1 Å². The molecule has 3 atom stereocenters. The lowest BCUT2D eigenvalue weighted by atomic mass is 10.2. The van der Waals surface area contributed by atoms with Gasteiger partial charge in [0.05, 0.1) is 0 Å². The summed E-state index contributed by atoms with van der Waals surface area (Å²) in [7, 11) is -4.38. The number of halogens is 1. The zero-order valence-electron chi connectivity index (χ0n) is 19.2. The molecule has 36 heavy (non-hydrogen) atoms. The number of rotatable bonds is 10. The molecular weight excluding hydrogens is 504 g/mol. The number of aromatic carboxylic acids is 1. The summed E-state index contributed by atoms with van der Waals surface area (Å²) in [5, 5.41) is 12.3. The van der Waals surface area contributed by atoms with Gasteiger partial charge in [-0.3, -0.25) is 9.36 Å². The SMILES string of the molecule is C[C@H](NP(=O)(Oc1ccccc1)[C@@H](F)c1ccc2sc(C(=O)O)cc2c1)C(=O)OCc1ccccc1. The molecule has 7 nitrogen and oxygen atoms in total. The van der Waals surface area contributed by atoms with Crippen LogP contribution in [-0.2, 0) is 20.7 Å². The van der Waals surface area contributed by atoms with Gasteiger partial charge >= 0.3 is 19.5 Å². The number of hydrogen-bond donors (Lipinski definition) is 2. The van der Waals surface area contributed by atoms with Crippen LogP contribution in [0, 0.1) is 0 Å². The van der Waals surface area contributed by atoms with Crippen molar-refractivity contribution in [3.63, 3.8) is 0 Å². The summed E-state index contributed by atoms with van der Waals surface area (Å²) >= 11 is 1.05. The third-order valence-corrected chi connectivity index (χ3v) is 8.49. The summed E-state index contributed by atoms with van der Waals surface area (Å²) in [6, 6.07) is 21.8. The quantitative estimate of drug-likeness (QED) is 0.178. The second kappa shape index (κ2) is 11.0. The van der Waals surface area contributed by atoms with Gasteiger partial charge in [0.25, 0.3) is 0 Å². The van der Waals surface area contributed by atoms with Gasteiger partial charge in [0, 0.05) is 4.70 Å². The van der Waals surface area contributed by atoms with Gasteiger partial charge in [0.1, 0.15) is 23.3 Å². The van der Waals surface area contributed by atoms with Crippen LogP contribution in [0.4, 0.5) is 4.39 Å². The molecule has 0 aliphatic rings. The maximum absolute atomic E-state index is 15.9. The first-order valence-corrected chi connectivity index (χ1v) is 13.5. The number of carbonyl (C=O) groups excluding carboxylic acids is 1. The van der Waals surface area contributed by atoms with Crippen LogP contribution in [0.2, 0.25) is 0 Å². The highest BCUT2D eigenvalue weighted by Crippen LogP contribution is 2.58. The van der Waals surface area contributed by atoms with E-state index in [-0.39, 0.29) is 22.8 Å². The molecule has 3 aromatic carbocycles. The third kappa shape index (κ3) is 5.99. The molecule has 0 spiro atoms. The largest absolute Gasteiger partial charge is 0.477 e. The Bertz CT molecular complexity index is 1410. The summed E-state index contributed by atoms with van der Waals surface area (Å²) in [4.78, 5) is 24.0. The minimum atomic E-state index is -4.38. The minimum absolute atomic E-state index is 0.00925. The molecule has 1 unspecified atom stereocenters. The number of alkyl halides is 1. The Labute approximate surface area is 211 Å². The molecule has 0 amide bonds. The van der Waals surface area contributed by atoms with Crippen molar-refractivity contribution < 1.29 is 32.9 Å². The number of para-hydroxylation sites is 1. The van der Waals surface area contributed by atoms with Gasteiger partial charge in [-0.15, -0.1) is 11.3 Å². The third-order valence-electron chi connectivity index (χ3n) is 5.26. The smallest absolute Gasteiger partial charge is 0.355 e. The predicted octanol–water partition coefficient (Wildman–Crippen LogP) is 6.56. The van der Waals surface area contributed by atoms with E-state index in [0.29, 0.717) is 10.1 Å². The van der Waals surface area contributed by atoms with Gasteiger partial charge in [-0.1, -0.05) is 54.6 Å². The monoisotopic (exact) mass is 527 g/mol. The average Bonchev–Trinajstić information content (AvgIpc) is 3.32. The fourth-order valence-corrected chi connectivity index (χ4v) is 6.26. The minimum Gasteiger partial charge on any atom is -0.477 e. The molecule has 2 N–H and O–H groups in total. The number of carboxylic acid groups (broad SMARTS) is 1. The Balaban J connectivity index is 1.58. The second-order valence-corrected chi connectivity index (χ2v) is 11.2. The van der Waals surface area contributed by atoms with Gasteiger partial charge in [0.15, 0.2) is 0 Å². The van der Waals surface area contributed by atoms with Crippen LogP contribution in [-0.4, -0.2) is 23.1 Å². The molecular formula is C26H23FNO6PS. The van der Waals surface area contributed by atoms with Crippen LogP contribution in [0.5, 0.6) is 5.75 Å². The predicted molar refractivity (Wildman–Crippen MR) is 136 cm³/mol. The maximum Gasteiger partial charge on any atom is 0.355 e. The number of ether oxygens (including phenoxy) is 1. The number of thiophene rings is 1. The van der Waals surface area contributed by atoms with E-state index < -0.39 is 31.4 Å². The first kappa shape index (κ1) is 25.6. The molecule has 0 radical (unpaired) electrons. The van der Waals surface area contributed by atoms with Crippen LogP contribution >= 0.6 is 18.9 Å². The van der Waals surface area contributed by atoms with E-state index in [4.69, 9.17) is 9.26 Å². The van der Waals surface area contributed by atoms with Crippen molar-refractivity contribution >= 4 is 40.9 Å². The number of benzene rings is 3. The van der Waals surface area contributed by atoms with E-state index in [1.807, 2.05) is 18.2 Å². The number of carbonyl (C=O) groups is 2. The number of hydrogen-bond acceptors (Lipinski definition) is 6. The second-order valence-electron chi connectivity index (χ2n) is 7.99. The highest BCUT2D eigenvalue weighted by Gasteiger charge is 2.40. The Kier molecular flexibility index (Phi) is 7.84. The van der Waals surface area contributed by atoms with Crippen molar-refractivity contribution in [3.05, 3.63) is 101 Å². The molecule has 4 aromatic rings. The molecule has 0 aliphatic carbocycles. The van der Waals surface area contributed by atoms with Gasteiger partial charge in [0.2, 0.25) is 5.91 Å². The lowest BCUT2D eigenvalue weighted by molar-refractivity contribution is -0.146. The normalized spacial score (nSPS) is 14.5. The average molecular weight is 528 g/mol. The summed E-state index contributed by atoms with van der Waals surface area (Å²) < 4.78 is 41.4. The van der Waals surface area contributed by atoms with Crippen molar-refractivity contribution in [2.75, 3.05) is 0 Å². The zero-order chi connectivity index (χ0) is 25.7. The topological polar surface area (TPSA) is 102 Å². The fourth-order valence-electron chi connectivity index (χ4n) is 3.46. The van der Waals surface area contributed by atoms with Gasteiger partial charge in [-0.25, -0.2) is 14.3 Å². The number of nitrogens with one attached hydrogen (secondary N) is 1. The Morgan fingerprint density at radius 2 is 1.69 bits per heavy atom. The van der Waals surface area contributed by atoms with E-state index in [2.05, 4.69) is 5.09 Å². The molecule has 186 valence electrons. The molecule has 0 aliphatic heterocycles. The van der Waals surface area contributed by atoms with Crippen LogP contribution in [0.15, 0.2) is 84.9 Å². The van der Waals surface area contributed by atoms with Crippen LogP contribution < -0.4 is 9.61 Å². The van der Waals surface area contributed by atoms with Gasteiger partial charge in [-0.05, 0) is 53.8 Å².